The van der Waals surface area contributed by atoms with E-state index >= 15 is 0 Å². The van der Waals surface area contributed by atoms with Crippen molar-refractivity contribution < 1.29 is 0 Å². The summed E-state index contributed by atoms with van der Waals surface area (Å²) in [6.07, 6.45) is 7.91. The van der Waals surface area contributed by atoms with Gasteiger partial charge in [-0.25, -0.2) is 9.97 Å². The lowest BCUT2D eigenvalue weighted by Crippen LogP contribution is -2.22. The molecule has 1 aromatic heterocycles. The van der Waals surface area contributed by atoms with Crippen molar-refractivity contribution >= 4 is 5.95 Å². The van der Waals surface area contributed by atoms with E-state index in [1.807, 2.05) is 18.5 Å². The molecule has 2 fully saturated rings. The van der Waals surface area contributed by atoms with Gasteiger partial charge in [-0.2, -0.15) is 0 Å². The first kappa shape index (κ1) is 8.21. The van der Waals surface area contributed by atoms with Gasteiger partial charge in [0, 0.05) is 25.5 Å². The zero-order valence-corrected chi connectivity index (χ0v) is 8.26. The first-order valence-corrected chi connectivity index (χ1v) is 5.45. The van der Waals surface area contributed by atoms with Crippen LogP contribution < -0.4 is 4.90 Å². The molecule has 0 N–H and O–H groups in total. The van der Waals surface area contributed by atoms with E-state index in [0.29, 0.717) is 0 Å². The fraction of sp³-hybridized carbons (Fsp3) is 0.636. The summed E-state index contributed by atoms with van der Waals surface area (Å²) in [6, 6.07) is 1.88. The summed E-state index contributed by atoms with van der Waals surface area (Å²) in [5.74, 6) is 2.75. The van der Waals surface area contributed by atoms with Gasteiger partial charge in [0.2, 0.25) is 5.95 Å². The zero-order chi connectivity index (χ0) is 9.38. The average Bonchev–Trinajstić information content (AvgIpc) is 2.78. The molecule has 2 atom stereocenters. The lowest BCUT2D eigenvalue weighted by Gasteiger charge is -2.16. The van der Waals surface area contributed by atoms with Crippen molar-refractivity contribution in [1.82, 2.24) is 9.97 Å². The van der Waals surface area contributed by atoms with Gasteiger partial charge in [-0.15, -0.1) is 0 Å². The highest BCUT2D eigenvalue weighted by Gasteiger charge is 2.36. The maximum Gasteiger partial charge on any atom is 0.225 e. The molecule has 2 heterocycles. The second kappa shape index (κ2) is 3.23. The molecular weight excluding hydrogens is 174 g/mol. The van der Waals surface area contributed by atoms with Gasteiger partial charge in [0.05, 0.1) is 0 Å². The van der Waals surface area contributed by atoms with Crippen LogP contribution in [0.4, 0.5) is 5.95 Å². The van der Waals surface area contributed by atoms with Crippen LogP contribution >= 0.6 is 0 Å². The van der Waals surface area contributed by atoms with Crippen molar-refractivity contribution in [2.75, 3.05) is 18.0 Å². The third-order valence-electron chi connectivity index (χ3n) is 3.56. The highest BCUT2D eigenvalue weighted by Crippen LogP contribution is 2.38. The Bertz CT molecular complexity index is 300. The molecule has 3 heteroatoms. The van der Waals surface area contributed by atoms with Crippen LogP contribution in [0.1, 0.15) is 19.3 Å². The molecule has 0 amide bonds. The third kappa shape index (κ3) is 1.27. The number of nitrogens with zero attached hydrogens (tertiary/aromatic N) is 3. The van der Waals surface area contributed by atoms with Crippen LogP contribution in [0, 0.1) is 11.8 Å². The van der Waals surface area contributed by atoms with Gasteiger partial charge in [-0.05, 0) is 30.7 Å². The molecule has 3 rings (SSSR count). The minimum atomic E-state index is 0.916. The molecule has 1 aromatic rings. The second-order valence-electron chi connectivity index (χ2n) is 4.40. The molecule has 1 saturated carbocycles. The van der Waals surface area contributed by atoms with Gasteiger partial charge < -0.3 is 4.90 Å². The van der Waals surface area contributed by atoms with E-state index in [-0.39, 0.29) is 0 Å². The molecule has 0 radical (unpaired) electrons. The lowest BCUT2D eigenvalue weighted by atomic mass is 10.0. The molecule has 2 aliphatic rings. The molecule has 74 valence electrons. The van der Waals surface area contributed by atoms with Crippen molar-refractivity contribution in [2.24, 2.45) is 11.8 Å². The third-order valence-corrected chi connectivity index (χ3v) is 3.56. The van der Waals surface area contributed by atoms with Crippen molar-refractivity contribution in [1.29, 1.82) is 0 Å². The van der Waals surface area contributed by atoms with Crippen LogP contribution in [0.25, 0.3) is 0 Å². The summed E-state index contributed by atoms with van der Waals surface area (Å²) in [7, 11) is 0. The van der Waals surface area contributed by atoms with Crippen molar-refractivity contribution in [3.05, 3.63) is 18.5 Å². The van der Waals surface area contributed by atoms with Gasteiger partial charge >= 0.3 is 0 Å². The van der Waals surface area contributed by atoms with E-state index in [1.54, 1.807) is 0 Å². The second-order valence-corrected chi connectivity index (χ2v) is 4.40. The highest BCUT2D eigenvalue weighted by atomic mass is 15.3. The first-order valence-electron chi connectivity index (χ1n) is 5.45. The van der Waals surface area contributed by atoms with Crippen molar-refractivity contribution in [3.63, 3.8) is 0 Å². The molecule has 0 bridgehead atoms. The number of hydrogen-bond acceptors (Lipinski definition) is 3. The Morgan fingerprint density at radius 3 is 2.36 bits per heavy atom. The summed E-state index contributed by atoms with van der Waals surface area (Å²) in [5.41, 5.74) is 0. The topological polar surface area (TPSA) is 29.0 Å². The SMILES string of the molecule is c1cnc(N2CC3CCCC3C2)nc1. The number of fused-ring (bicyclic) bond motifs is 1. The van der Waals surface area contributed by atoms with E-state index < -0.39 is 0 Å². The Hall–Kier alpha value is -1.12. The summed E-state index contributed by atoms with van der Waals surface area (Å²) in [4.78, 5) is 10.9. The summed E-state index contributed by atoms with van der Waals surface area (Å²) in [6.45, 7) is 2.35. The Morgan fingerprint density at radius 2 is 1.71 bits per heavy atom. The zero-order valence-electron chi connectivity index (χ0n) is 8.26. The lowest BCUT2D eigenvalue weighted by molar-refractivity contribution is 0.494. The largest absolute Gasteiger partial charge is 0.340 e. The molecular formula is C11H15N3. The van der Waals surface area contributed by atoms with Crippen LogP contribution in [-0.2, 0) is 0 Å². The van der Waals surface area contributed by atoms with Crippen LogP contribution in [-0.4, -0.2) is 23.1 Å². The number of hydrogen-bond donors (Lipinski definition) is 0. The molecule has 3 nitrogen and oxygen atoms in total. The van der Waals surface area contributed by atoms with E-state index in [0.717, 1.165) is 17.8 Å². The van der Waals surface area contributed by atoms with Crippen LogP contribution in [0.3, 0.4) is 0 Å². The maximum atomic E-state index is 4.30. The quantitative estimate of drug-likeness (QED) is 0.673. The minimum absolute atomic E-state index is 0.916. The van der Waals surface area contributed by atoms with Gasteiger partial charge in [0.15, 0.2) is 0 Å². The Balaban J connectivity index is 1.77. The summed E-state index contributed by atoms with van der Waals surface area (Å²) >= 11 is 0. The van der Waals surface area contributed by atoms with E-state index in [2.05, 4.69) is 14.9 Å². The van der Waals surface area contributed by atoms with Gasteiger partial charge in [-0.3, -0.25) is 0 Å². The first-order chi connectivity index (χ1) is 6.93. The van der Waals surface area contributed by atoms with Crippen LogP contribution in [0.5, 0.6) is 0 Å². The monoisotopic (exact) mass is 189 g/mol. The number of rotatable bonds is 1. The summed E-state index contributed by atoms with van der Waals surface area (Å²) < 4.78 is 0. The fourth-order valence-corrected chi connectivity index (χ4v) is 2.85. The highest BCUT2D eigenvalue weighted by molar-refractivity contribution is 5.31. The fourth-order valence-electron chi connectivity index (χ4n) is 2.85. The standard InChI is InChI=1S/C11H15N3/c1-3-9-7-14(8-10(9)4-1)11-12-5-2-6-13-11/h2,5-6,9-10H,1,3-4,7-8H2. The molecule has 14 heavy (non-hydrogen) atoms. The molecule has 2 unspecified atom stereocenters. The number of anilines is 1. The van der Waals surface area contributed by atoms with Gasteiger partial charge in [0.1, 0.15) is 0 Å². The van der Waals surface area contributed by atoms with E-state index in [1.165, 1.54) is 32.4 Å². The molecule has 0 spiro atoms. The van der Waals surface area contributed by atoms with Crippen LogP contribution in [0.2, 0.25) is 0 Å². The predicted molar refractivity (Wildman–Crippen MR) is 55.1 cm³/mol. The Kier molecular flexibility index (Phi) is 1.89. The van der Waals surface area contributed by atoms with Crippen molar-refractivity contribution in [2.45, 2.75) is 19.3 Å². The van der Waals surface area contributed by atoms with Gasteiger partial charge in [-0.1, -0.05) is 6.42 Å². The van der Waals surface area contributed by atoms with Crippen molar-refractivity contribution in [3.8, 4) is 0 Å². The smallest absolute Gasteiger partial charge is 0.225 e. The van der Waals surface area contributed by atoms with Gasteiger partial charge in [0.25, 0.3) is 0 Å². The molecule has 1 aliphatic carbocycles. The van der Waals surface area contributed by atoms with E-state index in [4.69, 9.17) is 0 Å². The average molecular weight is 189 g/mol. The minimum Gasteiger partial charge on any atom is -0.340 e. The maximum absolute atomic E-state index is 4.30. The summed E-state index contributed by atoms with van der Waals surface area (Å²) in [5, 5.41) is 0. The Labute approximate surface area is 84.2 Å². The Morgan fingerprint density at radius 1 is 1.07 bits per heavy atom. The molecule has 0 aromatic carbocycles. The number of aromatic nitrogens is 2. The molecule has 1 saturated heterocycles. The van der Waals surface area contributed by atoms with E-state index in [9.17, 15) is 0 Å². The normalized spacial score (nSPS) is 30.7. The van der Waals surface area contributed by atoms with Crippen LogP contribution in [0.15, 0.2) is 18.5 Å². The molecule has 1 aliphatic heterocycles. The predicted octanol–water partition coefficient (Wildman–Crippen LogP) is 1.71.